The molecule has 1 aromatic heterocycles. The van der Waals surface area contributed by atoms with Crippen LogP contribution in [0.2, 0.25) is 0 Å². The Kier molecular flexibility index (Phi) is 3.97. The summed E-state index contributed by atoms with van der Waals surface area (Å²) >= 11 is 0. The Morgan fingerprint density at radius 1 is 1.42 bits per heavy atom. The van der Waals surface area contributed by atoms with Gasteiger partial charge < -0.3 is 10.0 Å². The lowest BCUT2D eigenvalue weighted by Gasteiger charge is -2.20. The van der Waals surface area contributed by atoms with Crippen molar-refractivity contribution in [3.05, 3.63) is 53.9 Å². The maximum atomic E-state index is 12.1. The minimum atomic E-state index is -1.12. The SMILES string of the molecule is CN(Cc1cnn(C)c1)C(=O)C(O)c1ccccc1. The summed E-state index contributed by atoms with van der Waals surface area (Å²) in [6.45, 7) is 0.427. The molecule has 0 radical (unpaired) electrons. The standard InChI is InChI=1S/C14H17N3O2/c1-16(9-11-8-15-17(2)10-11)14(19)13(18)12-6-4-3-5-7-12/h3-8,10,13,18H,9H2,1-2H3. The number of hydrogen-bond donors (Lipinski definition) is 1. The van der Waals surface area contributed by atoms with Gasteiger partial charge in [-0.15, -0.1) is 0 Å². The Labute approximate surface area is 112 Å². The summed E-state index contributed by atoms with van der Waals surface area (Å²) in [4.78, 5) is 13.6. The minimum absolute atomic E-state index is 0.324. The zero-order chi connectivity index (χ0) is 13.8. The van der Waals surface area contributed by atoms with Crippen LogP contribution in [0.15, 0.2) is 42.7 Å². The molecule has 0 aliphatic heterocycles. The molecule has 2 aromatic rings. The number of aromatic nitrogens is 2. The molecule has 5 nitrogen and oxygen atoms in total. The van der Waals surface area contributed by atoms with E-state index in [1.165, 1.54) is 4.90 Å². The van der Waals surface area contributed by atoms with Gasteiger partial charge >= 0.3 is 0 Å². The van der Waals surface area contributed by atoms with Crippen molar-refractivity contribution >= 4 is 5.91 Å². The Hall–Kier alpha value is -2.14. The van der Waals surface area contributed by atoms with E-state index in [4.69, 9.17) is 0 Å². The van der Waals surface area contributed by atoms with Crippen molar-refractivity contribution in [1.82, 2.24) is 14.7 Å². The van der Waals surface area contributed by atoms with Gasteiger partial charge in [-0.1, -0.05) is 30.3 Å². The molecule has 1 aromatic carbocycles. The number of carbonyl (C=O) groups is 1. The molecule has 0 aliphatic carbocycles. The van der Waals surface area contributed by atoms with Crippen molar-refractivity contribution in [3.63, 3.8) is 0 Å². The second-order valence-corrected chi connectivity index (χ2v) is 4.53. The maximum absolute atomic E-state index is 12.1. The van der Waals surface area contributed by atoms with Gasteiger partial charge in [-0.05, 0) is 5.56 Å². The Balaban J connectivity index is 2.03. The fraction of sp³-hybridized carbons (Fsp3) is 0.286. The average molecular weight is 259 g/mol. The number of likely N-dealkylation sites (N-methyl/N-ethyl adjacent to an activating group) is 1. The maximum Gasteiger partial charge on any atom is 0.256 e. The van der Waals surface area contributed by atoms with Crippen LogP contribution < -0.4 is 0 Å². The lowest BCUT2D eigenvalue weighted by atomic mass is 10.1. The summed E-state index contributed by atoms with van der Waals surface area (Å²) in [5.41, 5.74) is 1.53. The number of aliphatic hydroxyl groups is 1. The van der Waals surface area contributed by atoms with Crippen LogP contribution in [0.25, 0.3) is 0 Å². The number of benzene rings is 1. The van der Waals surface area contributed by atoms with E-state index in [1.54, 1.807) is 42.2 Å². The number of hydrogen-bond acceptors (Lipinski definition) is 3. The highest BCUT2D eigenvalue weighted by molar-refractivity contribution is 5.81. The van der Waals surface area contributed by atoms with Gasteiger partial charge in [0.2, 0.25) is 0 Å². The number of carbonyl (C=O) groups excluding carboxylic acids is 1. The molecular weight excluding hydrogens is 242 g/mol. The molecule has 0 saturated carbocycles. The van der Waals surface area contributed by atoms with E-state index in [9.17, 15) is 9.90 Å². The molecule has 5 heteroatoms. The summed E-state index contributed by atoms with van der Waals surface area (Å²) in [6, 6.07) is 8.92. The highest BCUT2D eigenvalue weighted by Gasteiger charge is 2.21. The Morgan fingerprint density at radius 3 is 2.68 bits per heavy atom. The topological polar surface area (TPSA) is 58.4 Å². The third kappa shape index (κ3) is 3.20. The van der Waals surface area contributed by atoms with E-state index < -0.39 is 6.10 Å². The van der Waals surface area contributed by atoms with Crippen molar-refractivity contribution in [3.8, 4) is 0 Å². The van der Waals surface area contributed by atoms with Gasteiger partial charge in [0, 0.05) is 32.4 Å². The zero-order valence-electron chi connectivity index (χ0n) is 11.0. The molecule has 2 rings (SSSR count). The first-order chi connectivity index (χ1) is 9.08. The van der Waals surface area contributed by atoms with Gasteiger partial charge in [-0.2, -0.15) is 5.10 Å². The largest absolute Gasteiger partial charge is 0.378 e. The van der Waals surface area contributed by atoms with Gasteiger partial charge in [0.1, 0.15) is 0 Å². The lowest BCUT2D eigenvalue weighted by Crippen LogP contribution is -2.31. The van der Waals surface area contributed by atoms with Crippen LogP contribution in [0.5, 0.6) is 0 Å². The van der Waals surface area contributed by atoms with Crippen molar-refractivity contribution in [1.29, 1.82) is 0 Å². The van der Waals surface area contributed by atoms with Crippen LogP contribution >= 0.6 is 0 Å². The molecule has 1 heterocycles. The number of nitrogens with zero attached hydrogens (tertiary/aromatic N) is 3. The molecule has 100 valence electrons. The van der Waals surface area contributed by atoms with Crippen molar-refractivity contribution in [2.45, 2.75) is 12.6 Å². The molecule has 0 aliphatic rings. The summed E-state index contributed by atoms with van der Waals surface area (Å²) < 4.78 is 1.68. The van der Waals surface area contributed by atoms with Crippen molar-refractivity contribution in [2.75, 3.05) is 7.05 Å². The second-order valence-electron chi connectivity index (χ2n) is 4.53. The van der Waals surface area contributed by atoms with E-state index in [1.807, 2.05) is 19.3 Å². The molecule has 19 heavy (non-hydrogen) atoms. The Bertz CT molecular complexity index is 551. The quantitative estimate of drug-likeness (QED) is 0.895. The predicted octanol–water partition coefficient (Wildman–Crippen LogP) is 1.11. The van der Waals surface area contributed by atoms with Crippen LogP contribution in [0.1, 0.15) is 17.2 Å². The molecule has 1 N–H and O–H groups in total. The second kappa shape index (κ2) is 5.67. The van der Waals surface area contributed by atoms with Crippen LogP contribution in [-0.2, 0) is 18.4 Å². The van der Waals surface area contributed by atoms with E-state index >= 15 is 0 Å². The third-order valence-corrected chi connectivity index (χ3v) is 2.90. The molecule has 1 unspecified atom stereocenters. The fourth-order valence-electron chi connectivity index (χ4n) is 1.89. The highest BCUT2D eigenvalue weighted by atomic mass is 16.3. The highest BCUT2D eigenvalue weighted by Crippen LogP contribution is 2.15. The van der Waals surface area contributed by atoms with Gasteiger partial charge in [0.15, 0.2) is 6.10 Å². The van der Waals surface area contributed by atoms with E-state index in [-0.39, 0.29) is 5.91 Å². The molecular formula is C14H17N3O2. The van der Waals surface area contributed by atoms with Gasteiger partial charge in [0.25, 0.3) is 5.91 Å². The predicted molar refractivity (Wildman–Crippen MR) is 71.1 cm³/mol. The van der Waals surface area contributed by atoms with Crippen LogP contribution in [0, 0.1) is 0 Å². The van der Waals surface area contributed by atoms with Crippen LogP contribution in [0.3, 0.4) is 0 Å². The number of aryl methyl sites for hydroxylation is 1. The molecule has 1 atom stereocenters. The third-order valence-electron chi connectivity index (χ3n) is 2.90. The number of amides is 1. The lowest BCUT2D eigenvalue weighted by molar-refractivity contribution is -0.139. The van der Waals surface area contributed by atoms with Crippen LogP contribution in [0.4, 0.5) is 0 Å². The van der Waals surface area contributed by atoms with Crippen LogP contribution in [-0.4, -0.2) is 32.7 Å². The molecule has 0 fully saturated rings. The van der Waals surface area contributed by atoms with Gasteiger partial charge in [-0.25, -0.2) is 0 Å². The van der Waals surface area contributed by atoms with Gasteiger partial charge in [-0.3, -0.25) is 9.48 Å². The smallest absolute Gasteiger partial charge is 0.256 e. The van der Waals surface area contributed by atoms with Crippen molar-refractivity contribution in [2.24, 2.45) is 7.05 Å². The summed E-state index contributed by atoms with van der Waals surface area (Å²) in [6.07, 6.45) is 2.43. The molecule has 0 spiro atoms. The first-order valence-electron chi connectivity index (χ1n) is 6.03. The first kappa shape index (κ1) is 13.3. The summed E-state index contributed by atoms with van der Waals surface area (Å²) in [5.74, 6) is -0.324. The number of aliphatic hydroxyl groups excluding tert-OH is 1. The van der Waals surface area contributed by atoms with E-state index in [0.29, 0.717) is 12.1 Å². The van der Waals surface area contributed by atoms with E-state index in [0.717, 1.165) is 5.56 Å². The first-order valence-corrected chi connectivity index (χ1v) is 6.03. The molecule has 0 saturated heterocycles. The monoisotopic (exact) mass is 259 g/mol. The molecule has 1 amide bonds. The number of rotatable bonds is 4. The Morgan fingerprint density at radius 2 is 2.11 bits per heavy atom. The van der Waals surface area contributed by atoms with Gasteiger partial charge in [0.05, 0.1) is 6.20 Å². The zero-order valence-corrected chi connectivity index (χ0v) is 11.0. The summed E-state index contributed by atoms with van der Waals surface area (Å²) in [7, 11) is 3.49. The summed E-state index contributed by atoms with van der Waals surface area (Å²) in [5, 5.41) is 14.1. The fourth-order valence-corrected chi connectivity index (χ4v) is 1.89. The average Bonchev–Trinajstić information content (AvgIpc) is 2.83. The van der Waals surface area contributed by atoms with Crippen molar-refractivity contribution < 1.29 is 9.90 Å². The van der Waals surface area contributed by atoms with E-state index in [2.05, 4.69) is 5.10 Å². The minimum Gasteiger partial charge on any atom is -0.378 e. The molecule has 0 bridgehead atoms. The normalized spacial score (nSPS) is 12.2.